The van der Waals surface area contributed by atoms with E-state index in [1.54, 1.807) is 6.07 Å². The minimum atomic E-state index is -0.416. The molecule has 1 amide bonds. The zero-order valence-electron chi connectivity index (χ0n) is 15.5. The van der Waals surface area contributed by atoms with E-state index in [0.717, 1.165) is 28.6 Å². The molecule has 3 N–H and O–H groups in total. The highest BCUT2D eigenvalue weighted by Gasteiger charge is 2.13. The van der Waals surface area contributed by atoms with Crippen molar-refractivity contribution in [1.29, 1.82) is 0 Å². The third-order valence-corrected chi connectivity index (χ3v) is 4.68. The van der Waals surface area contributed by atoms with E-state index in [9.17, 15) is 9.18 Å². The van der Waals surface area contributed by atoms with Crippen LogP contribution in [-0.4, -0.2) is 26.5 Å². The van der Waals surface area contributed by atoms with Gasteiger partial charge in [0.1, 0.15) is 18.2 Å². The summed E-state index contributed by atoms with van der Waals surface area (Å²) >= 11 is 1.13. The Morgan fingerprint density at radius 1 is 1.21 bits per heavy atom. The van der Waals surface area contributed by atoms with Crippen molar-refractivity contribution in [2.45, 2.75) is 25.6 Å². The number of nitrogens with one attached hydrogen (secondary N) is 1. The summed E-state index contributed by atoms with van der Waals surface area (Å²) in [4.78, 5) is 12.0. The van der Waals surface area contributed by atoms with Crippen LogP contribution in [0.3, 0.4) is 0 Å². The van der Waals surface area contributed by atoms with Gasteiger partial charge >= 0.3 is 0 Å². The van der Waals surface area contributed by atoms with Crippen molar-refractivity contribution in [2.75, 3.05) is 16.9 Å². The number of nitrogens with zero attached hydrogens (tertiary/aromatic N) is 3. The van der Waals surface area contributed by atoms with Crippen molar-refractivity contribution < 1.29 is 13.9 Å². The molecule has 0 bridgehead atoms. The van der Waals surface area contributed by atoms with Crippen LogP contribution in [0.5, 0.6) is 5.75 Å². The van der Waals surface area contributed by atoms with Crippen LogP contribution in [0.15, 0.2) is 47.6 Å². The van der Waals surface area contributed by atoms with E-state index < -0.39 is 5.82 Å². The van der Waals surface area contributed by atoms with Crippen LogP contribution in [-0.2, 0) is 11.4 Å². The summed E-state index contributed by atoms with van der Waals surface area (Å²) in [6.45, 7) is 4.15. The molecule has 0 atom stereocenters. The normalized spacial score (nSPS) is 10.7. The molecule has 2 aromatic carbocycles. The number of halogens is 1. The first kappa shape index (κ1) is 19.7. The number of aromatic nitrogens is 3. The summed E-state index contributed by atoms with van der Waals surface area (Å²) in [5, 5.41) is 11.0. The molecule has 1 heterocycles. The summed E-state index contributed by atoms with van der Waals surface area (Å²) in [5.74, 6) is 6.50. The van der Waals surface area contributed by atoms with E-state index in [1.165, 1.54) is 22.9 Å². The van der Waals surface area contributed by atoms with Gasteiger partial charge in [0.15, 0.2) is 5.82 Å². The SMILES string of the molecule is Cc1cc(C)cc(OCc2nnc(SCC(=O)Nc3cccc(F)c3)n2N)c1. The van der Waals surface area contributed by atoms with Crippen LogP contribution < -0.4 is 15.9 Å². The van der Waals surface area contributed by atoms with Crippen molar-refractivity contribution in [1.82, 2.24) is 14.9 Å². The van der Waals surface area contributed by atoms with E-state index in [1.807, 2.05) is 26.0 Å². The van der Waals surface area contributed by atoms with Crippen molar-refractivity contribution in [3.8, 4) is 5.75 Å². The third kappa shape index (κ3) is 5.23. The van der Waals surface area contributed by atoms with Gasteiger partial charge in [0.05, 0.1) is 5.75 Å². The summed E-state index contributed by atoms with van der Waals surface area (Å²) in [5.41, 5.74) is 2.59. The smallest absolute Gasteiger partial charge is 0.234 e. The lowest BCUT2D eigenvalue weighted by molar-refractivity contribution is -0.113. The number of ether oxygens (including phenoxy) is 1. The molecule has 0 saturated heterocycles. The lowest BCUT2D eigenvalue weighted by atomic mass is 10.1. The van der Waals surface area contributed by atoms with Gasteiger partial charge in [-0.15, -0.1) is 10.2 Å². The second kappa shape index (κ2) is 8.75. The third-order valence-electron chi connectivity index (χ3n) is 3.74. The molecule has 7 nitrogen and oxygen atoms in total. The fourth-order valence-electron chi connectivity index (χ4n) is 2.56. The lowest BCUT2D eigenvalue weighted by Gasteiger charge is -2.08. The Kier molecular flexibility index (Phi) is 6.15. The van der Waals surface area contributed by atoms with Crippen LogP contribution in [0.4, 0.5) is 10.1 Å². The van der Waals surface area contributed by atoms with Gasteiger partial charge in [-0.05, 0) is 55.3 Å². The van der Waals surface area contributed by atoms with E-state index >= 15 is 0 Å². The summed E-state index contributed by atoms with van der Waals surface area (Å²) < 4.78 is 20.2. The number of anilines is 1. The maximum Gasteiger partial charge on any atom is 0.234 e. The average molecular weight is 401 g/mol. The zero-order chi connectivity index (χ0) is 20.1. The van der Waals surface area contributed by atoms with Crippen LogP contribution >= 0.6 is 11.8 Å². The van der Waals surface area contributed by atoms with Crippen LogP contribution in [0.1, 0.15) is 17.0 Å². The predicted octanol–water partition coefficient (Wildman–Crippen LogP) is 3.06. The van der Waals surface area contributed by atoms with Gasteiger partial charge in [-0.2, -0.15) is 0 Å². The van der Waals surface area contributed by atoms with Crippen LogP contribution in [0.2, 0.25) is 0 Å². The van der Waals surface area contributed by atoms with E-state index in [4.69, 9.17) is 10.6 Å². The maximum absolute atomic E-state index is 13.2. The van der Waals surface area contributed by atoms with Gasteiger partial charge in [0.2, 0.25) is 11.1 Å². The molecule has 0 aliphatic rings. The van der Waals surface area contributed by atoms with Gasteiger partial charge in [-0.25, -0.2) is 9.07 Å². The van der Waals surface area contributed by atoms with Gasteiger partial charge in [-0.1, -0.05) is 23.9 Å². The Balaban J connectivity index is 1.54. The minimum Gasteiger partial charge on any atom is -0.486 e. The lowest BCUT2D eigenvalue weighted by Crippen LogP contribution is -2.18. The first-order chi connectivity index (χ1) is 13.4. The number of thioether (sulfide) groups is 1. The molecule has 28 heavy (non-hydrogen) atoms. The number of nitrogen functional groups attached to an aromatic ring is 1. The Bertz CT molecular complexity index is 972. The molecule has 0 saturated carbocycles. The van der Waals surface area contributed by atoms with Crippen molar-refractivity contribution in [3.05, 3.63) is 65.2 Å². The summed E-state index contributed by atoms with van der Waals surface area (Å²) in [6.07, 6.45) is 0. The molecule has 0 fully saturated rings. The largest absolute Gasteiger partial charge is 0.486 e. The molecule has 0 aliphatic heterocycles. The summed E-state index contributed by atoms with van der Waals surface area (Å²) in [7, 11) is 0. The van der Waals surface area contributed by atoms with Crippen molar-refractivity contribution in [2.24, 2.45) is 0 Å². The number of carbonyl (C=O) groups is 1. The van der Waals surface area contributed by atoms with Gasteiger partial charge in [0.25, 0.3) is 0 Å². The molecule has 0 spiro atoms. The Hall–Kier alpha value is -3.07. The van der Waals surface area contributed by atoms with Crippen LogP contribution in [0.25, 0.3) is 0 Å². The molecule has 1 aromatic heterocycles. The molecular weight excluding hydrogens is 381 g/mol. The Morgan fingerprint density at radius 3 is 2.68 bits per heavy atom. The second-order valence-corrected chi connectivity index (χ2v) is 7.17. The highest BCUT2D eigenvalue weighted by molar-refractivity contribution is 7.99. The van der Waals surface area contributed by atoms with Gasteiger partial charge < -0.3 is 15.9 Å². The molecule has 146 valence electrons. The average Bonchev–Trinajstić information content (AvgIpc) is 2.97. The minimum absolute atomic E-state index is 0.0593. The molecule has 9 heteroatoms. The highest BCUT2D eigenvalue weighted by Crippen LogP contribution is 2.19. The molecule has 0 aliphatic carbocycles. The number of hydrogen-bond donors (Lipinski definition) is 2. The van der Waals surface area contributed by atoms with E-state index in [-0.39, 0.29) is 18.3 Å². The number of hydrogen-bond acceptors (Lipinski definition) is 6. The fourth-order valence-corrected chi connectivity index (χ4v) is 3.24. The first-order valence-electron chi connectivity index (χ1n) is 8.49. The topological polar surface area (TPSA) is 95.1 Å². The standard InChI is InChI=1S/C19H20FN5O2S/c1-12-6-13(2)8-16(7-12)27-10-17-23-24-19(25(17)21)28-11-18(26)22-15-5-3-4-14(20)9-15/h3-9H,10-11,21H2,1-2H3,(H,22,26). The van der Waals surface area contributed by atoms with Gasteiger partial charge in [0, 0.05) is 5.69 Å². The second-order valence-electron chi connectivity index (χ2n) is 6.23. The number of carbonyl (C=O) groups excluding carboxylic acids is 1. The van der Waals surface area contributed by atoms with Crippen molar-refractivity contribution in [3.63, 3.8) is 0 Å². The highest BCUT2D eigenvalue weighted by atomic mass is 32.2. The number of nitrogens with two attached hydrogens (primary N) is 1. The Morgan fingerprint density at radius 2 is 1.96 bits per heavy atom. The quantitative estimate of drug-likeness (QED) is 0.467. The maximum atomic E-state index is 13.2. The fraction of sp³-hybridized carbons (Fsp3) is 0.211. The molecule has 0 radical (unpaired) electrons. The van der Waals surface area contributed by atoms with Gasteiger partial charge in [-0.3, -0.25) is 4.79 Å². The number of amides is 1. The first-order valence-corrected chi connectivity index (χ1v) is 9.48. The monoisotopic (exact) mass is 401 g/mol. The molecule has 3 aromatic rings. The summed E-state index contributed by atoms with van der Waals surface area (Å²) in [6, 6.07) is 11.6. The number of benzene rings is 2. The van der Waals surface area contributed by atoms with Crippen molar-refractivity contribution >= 4 is 23.4 Å². The number of aryl methyl sites for hydroxylation is 2. The molecular formula is C19H20FN5O2S. The molecule has 0 unspecified atom stereocenters. The molecule has 3 rings (SSSR count). The zero-order valence-corrected chi connectivity index (χ0v) is 16.3. The Labute approximate surface area is 166 Å². The van der Waals surface area contributed by atoms with E-state index in [0.29, 0.717) is 16.7 Å². The number of rotatable bonds is 7. The predicted molar refractivity (Wildman–Crippen MR) is 106 cm³/mol. The van der Waals surface area contributed by atoms with Crippen LogP contribution in [0, 0.1) is 19.7 Å². The van der Waals surface area contributed by atoms with E-state index in [2.05, 4.69) is 21.6 Å².